The van der Waals surface area contributed by atoms with Crippen LogP contribution in [0.4, 0.5) is 0 Å². The lowest BCUT2D eigenvalue weighted by molar-refractivity contribution is -0.136. The molecule has 1 heterocycles. The first kappa shape index (κ1) is 9.93. The van der Waals surface area contributed by atoms with E-state index in [1.807, 2.05) is 6.07 Å². The molecule has 0 saturated carbocycles. The number of rotatable bonds is 2. The van der Waals surface area contributed by atoms with Crippen LogP contribution in [0.3, 0.4) is 0 Å². The molecule has 0 aliphatic heterocycles. The number of carboxylic acid groups (broad SMARTS) is 1. The molecule has 2 aromatic rings. The maximum absolute atomic E-state index is 10.5. The monoisotopic (exact) mass is 221 g/mol. The molecule has 3 nitrogen and oxygen atoms in total. The summed E-state index contributed by atoms with van der Waals surface area (Å²) in [6.45, 7) is 0. The molecule has 0 amide bonds. The van der Waals surface area contributed by atoms with Gasteiger partial charge in [0.2, 0.25) is 0 Å². The molecule has 1 N–H and O–H groups in total. The average molecular weight is 222 g/mol. The molecule has 15 heavy (non-hydrogen) atoms. The van der Waals surface area contributed by atoms with Gasteiger partial charge in [0.15, 0.2) is 0 Å². The first-order chi connectivity index (χ1) is 7.15. The van der Waals surface area contributed by atoms with Crippen LogP contribution >= 0.6 is 11.6 Å². The van der Waals surface area contributed by atoms with Gasteiger partial charge in [0.25, 0.3) is 0 Å². The summed E-state index contributed by atoms with van der Waals surface area (Å²) < 4.78 is 0. The Kier molecular flexibility index (Phi) is 2.56. The van der Waals surface area contributed by atoms with E-state index in [9.17, 15) is 4.79 Å². The number of nitrogens with zero attached hydrogens (tertiary/aromatic N) is 1. The Morgan fingerprint density at radius 1 is 1.40 bits per heavy atom. The SMILES string of the molecule is O=C(O)Cc1cnc2ccc(Cl)cc2c1. The van der Waals surface area contributed by atoms with Gasteiger partial charge in [-0.25, -0.2) is 0 Å². The van der Waals surface area contributed by atoms with Crippen molar-refractivity contribution in [2.45, 2.75) is 6.42 Å². The number of benzene rings is 1. The van der Waals surface area contributed by atoms with Crippen LogP contribution in [0.1, 0.15) is 5.56 Å². The van der Waals surface area contributed by atoms with E-state index in [1.54, 1.807) is 24.4 Å². The summed E-state index contributed by atoms with van der Waals surface area (Å²) in [5.74, 6) is -0.863. The van der Waals surface area contributed by atoms with E-state index in [0.29, 0.717) is 10.6 Å². The normalized spacial score (nSPS) is 10.5. The van der Waals surface area contributed by atoms with E-state index in [4.69, 9.17) is 16.7 Å². The minimum atomic E-state index is -0.863. The molecule has 0 spiro atoms. The third-order valence-electron chi connectivity index (χ3n) is 2.06. The van der Waals surface area contributed by atoms with Gasteiger partial charge in [0, 0.05) is 16.6 Å². The number of aromatic nitrogens is 1. The molecule has 0 fully saturated rings. The van der Waals surface area contributed by atoms with Crippen molar-refractivity contribution in [3.63, 3.8) is 0 Å². The highest BCUT2D eigenvalue weighted by atomic mass is 35.5. The fraction of sp³-hybridized carbons (Fsp3) is 0.0909. The van der Waals surface area contributed by atoms with E-state index < -0.39 is 5.97 Å². The van der Waals surface area contributed by atoms with Crippen molar-refractivity contribution < 1.29 is 9.90 Å². The first-order valence-electron chi connectivity index (χ1n) is 4.41. The number of pyridine rings is 1. The fourth-order valence-corrected chi connectivity index (χ4v) is 1.60. The average Bonchev–Trinajstić information content (AvgIpc) is 2.16. The second-order valence-electron chi connectivity index (χ2n) is 3.25. The van der Waals surface area contributed by atoms with Gasteiger partial charge >= 0.3 is 5.97 Å². The summed E-state index contributed by atoms with van der Waals surface area (Å²) in [7, 11) is 0. The molecule has 1 aromatic carbocycles. The second kappa shape index (κ2) is 3.87. The molecule has 0 bridgehead atoms. The number of carboxylic acids is 1. The highest BCUT2D eigenvalue weighted by Crippen LogP contribution is 2.18. The smallest absolute Gasteiger partial charge is 0.307 e. The van der Waals surface area contributed by atoms with Crippen LogP contribution in [0.2, 0.25) is 5.02 Å². The topological polar surface area (TPSA) is 50.2 Å². The molecule has 4 heteroatoms. The number of halogens is 1. The molecule has 0 aliphatic carbocycles. The van der Waals surface area contributed by atoms with Gasteiger partial charge in [-0.1, -0.05) is 11.6 Å². The Labute approximate surface area is 91.3 Å². The Hall–Kier alpha value is -1.61. The summed E-state index contributed by atoms with van der Waals surface area (Å²) in [5.41, 5.74) is 1.49. The summed E-state index contributed by atoms with van der Waals surface area (Å²) in [6, 6.07) is 7.13. The largest absolute Gasteiger partial charge is 0.481 e. The third-order valence-corrected chi connectivity index (χ3v) is 2.29. The maximum Gasteiger partial charge on any atom is 0.307 e. The lowest BCUT2D eigenvalue weighted by Gasteiger charge is -2.00. The molecular weight excluding hydrogens is 214 g/mol. The van der Waals surface area contributed by atoms with E-state index in [2.05, 4.69) is 4.98 Å². The zero-order chi connectivity index (χ0) is 10.8. The van der Waals surface area contributed by atoms with Crippen LogP contribution in [0.5, 0.6) is 0 Å². The van der Waals surface area contributed by atoms with E-state index in [1.165, 1.54) is 0 Å². The number of fused-ring (bicyclic) bond motifs is 1. The predicted molar refractivity (Wildman–Crippen MR) is 58.1 cm³/mol. The molecule has 2 rings (SSSR count). The molecule has 0 atom stereocenters. The Balaban J connectivity index is 2.49. The standard InChI is InChI=1S/C11H8ClNO2/c12-9-1-2-10-8(5-9)3-7(6-13-10)4-11(14)15/h1-3,5-6H,4H2,(H,14,15). The number of hydrogen-bond donors (Lipinski definition) is 1. The molecule has 1 aromatic heterocycles. The lowest BCUT2D eigenvalue weighted by Crippen LogP contribution is -2.00. The van der Waals surface area contributed by atoms with Crippen LogP contribution < -0.4 is 0 Å². The lowest BCUT2D eigenvalue weighted by atomic mass is 10.1. The summed E-state index contributed by atoms with van der Waals surface area (Å²) in [6.07, 6.45) is 1.56. The van der Waals surface area contributed by atoms with E-state index in [-0.39, 0.29) is 6.42 Å². The molecule has 76 valence electrons. The second-order valence-corrected chi connectivity index (χ2v) is 3.69. The van der Waals surface area contributed by atoms with Gasteiger partial charge in [-0.05, 0) is 29.8 Å². The van der Waals surface area contributed by atoms with Gasteiger partial charge in [-0.15, -0.1) is 0 Å². The fourth-order valence-electron chi connectivity index (χ4n) is 1.42. The molecule has 0 aliphatic rings. The van der Waals surface area contributed by atoms with Gasteiger partial charge in [0.1, 0.15) is 0 Å². The van der Waals surface area contributed by atoms with Crippen molar-refractivity contribution in [3.8, 4) is 0 Å². The maximum atomic E-state index is 10.5. The molecular formula is C11H8ClNO2. The quantitative estimate of drug-likeness (QED) is 0.848. The Morgan fingerprint density at radius 3 is 2.93 bits per heavy atom. The highest BCUT2D eigenvalue weighted by Gasteiger charge is 2.02. The van der Waals surface area contributed by atoms with E-state index >= 15 is 0 Å². The van der Waals surface area contributed by atoms with Crippen LogP contribution in [0.25, 0.3) is 10.9 Å². The summed E-state index contributed by atoms with van der Waals surface area (Å²) >= 11 is 5.83. The van der Waals surface area contributed by atoms with Crippen LogP contribution in [0, 0.1) is 0 Å². The zero-order valence-corrected chi connectivity index (χ0v) is 8.53. The van der Waals surface area contributed by atoms with E-state index in [0.717, 1.165) is 10.9 Å². The summed E-state index contributed by atoms with van der Waals surface area (Å²) in [5, 5.41) is 10.1. The first-order valence-corrected chi connectivity index (χ1v) is 4.79. The zero-order valence-electron chi connectivity index (χ0n) is 7.77. The Bertz CT molecular complexity index is 525. The summed E-state index contributed by atoms with van der Waals surface area (Å²) in [4.78, 5) is 14.7. The molecule has 0 unspecified atom stereocenters. The van der Waals surface area contributed by atoms with Crippen molar-refractivity contribution in [3.05, 3.63) is 41.0 Å². The minimum Gasteiger partial charge on any atom is -0.481 e. The number of hydrogen-bond acceptors (Lipinski definition) is 2. The van der Waals surface area contributed by atoms with Crippen molar-refractivity contribution in [2.75, 3.05) is 0 Å². The highest BCUT2D eigenvalue weighted by molar-refractivity contribution is 6.31. The van der Waals surface area contributed by atoms with Crippen molar-refractivity contribution in [1.29, 1.82) is 0 Å². The van der Waals surface area contributed by atoms with Gasteiger partial charge in [0.05, 0.1) is 11.9 Å². The van der Waals surface area contributed by atoms with Gasteiger partial charge < -0.3 is 5.11 Å². The van der Waals surface area contributed by atoms with Crippen LogP contribution in [-0.4, -0.2) is 16.1 Å². The minimum absolute atomic E-state index is 0.0184. The van der Waals surface area contributed by atoms with Crippen LogP contribution in [0.15, 0.2) is 30.5 Å². The van der Waals surface area contributed by atoms with Crippen molar-refractivity contribution in [1.82, 2.24) is 4.98 Å². The third kappa shape index (κ3) is 2.25. The predicted octanol–water partition coefficient (Wildman–Crippen LogP) is 2.52. The molecule has 0 radical (unpaired) electrons. The van der Waals surface area contributed by atoms with Gasteiger partial charge in [-0.2, -0.15) is 0 Å². The van der Waals surface area contributed by atoms with Crippen molar-refractivity contribution in [2.24, 2.45) is 0 Å². The Morgan fingerprint density at radius 2 is 2.20 bits per heavy atom. The van der Waals surface area contributed by atoms with Crippen LogP contribution in [-0.2, 0) is 11.2 Å². The van der Waals surface area contributed by atoms with Gasteiger partial charge in [-0.3, -0.25) is 9.78 Å². The number of carbonyl (C=O) groups is 1. The number of aliphatic carboxylic acids is 1. The molecule has 0 saturated heterocycles. The van der Waals surface area contributed by atoms with Crippen molar-refractivity contribution >= 4 is 28.5 Å².